The largest absolute Gasteiger partial charge is 0.316 e. The van der Waals surface area contributed by atoms with Crippen LogP contribution in [-0.2, 0) is 4.79 Å². The standard InChI is InChI=1S/C14H24N4O/c1-4-6-14(7-9-15-10-14)13(19)17-12-5-8-16-18(12)11(2)3/h5,8,11,15H,4,6-7,9-10H2,1-3H3,(H,17,19). The van der Waals surface area contributed by atoms with Crippen LogP contribution in [0.15, 0.2) is 12.3 Å². The van der Waals surface area contributed by atoms with Crippen LogP contribution in [0.5, 0.6) is 0 Å². The lowest BCUT2D eigenvalue weighted by atomic mass is 9.81. The maximum absolute atomic E-state index is 12.6. The molecule has 1 aliphatic rings. The molecule has 1 aromatic rings. The van der Waals surface area contributed by atoms with E-state index in [9.17, 15) is 4.79 Å². The van der Waals surface area contributed by atoms with Crippen molar-refractivity contribution in [1.29, 1.82) is 0 Å². The van der Waals surface area contributed by atoms with E-state index in [-0.39, 0.29) is 17.4 Å². The first-order valence-electron chi connectivity index (χ1n) is 7.15. The zero-order valence-corrected chi connectivity index (χ0v) is 12.1. The van der Waals surface area contributed by atoms with E-state index in [1.165, 1.54) is 0 Å². The molecule has 2 rings (SSSR count). The maximum Gasteiger partial charge on any atom is 0.233 e. The van der Waals surface area contributed by atoms with Crippen LogP contribution in [0.2, 0.25) is 0 Å². The van der Waals surface area contributed by atoms with Crippen molar-refractivity contribution in [3.05, 3.63) is 12.3 Å². The molecule has 0 aliphatic carbocycles. The van der Waals surface area contributed by atoms with Gasteiger partial charge in [-0.1, -0.05) is 13.3 Å². The number of nitrogens with zero attached hydrogens (tertiary/aromatic N) is 2. The molecule has 1 atom stereocenters. The molecular weight excluding hydrogens is 240 g/mol. The first-order valence-corrected chi connectivity index (χ1v) is 7.15. The van der Waals surface area contributed by atoms with Crippen LogP contribution in [0, 0.1) is 5.41 Å². The van der Waals surface area contributed by atoms with Crippen LogP contribution >= 0.6 is 0 Å². The molecule has 1 unspecified atom stereocenters. The van der Waals surface area contributed by atoms with Gasteiger partial charge in [0.25, 0.3) is 0 Å². The number of carbonyl (C=O) groups is 1. The lowest BCUT2D eigenvalue weighted by Gasteiger charge is -2.26. The topological polar surface area (TPSA) is 59.0 Å². The van der Waals surface area contributed by atoms with Gasteiger partial charge in [-0.05, 0) is 33.2 Å². The van der Waals surface area contributed by atoms with E-state index in [4.69, 9.17) is 0 Å². The molecule has 2 heterocycles. The Bertz CT molecular complexity index is 432. The van der Waals surface area contributed by atoms with Gasteiger partial charge in [-0.15, -0.1) is 0 Å². The Morgan fingerprint density at radius 1 is 1.63 bits per heavy atom. The van der Waals surface area contributed by atoms with Crippen LogP contribution in [0.3, 0.4) is 0 Å². The average Bonchev–Trinajstić information content (AvgIpc) is 2.99. The summed E-state index contributed by atoms with van der Waals surface area (Å²) in [5.41, 5.74) is -0.249. The van der Waals surface area contributed by atoms with Gasteiger partial charge in [0.15, 0.2) is 0 Å². The van der Waals surface area contributed by atoms with Gasteiger partial charge >= 0.3 is 0 Å². The van der Waals surface area contributed by atoms with E-state index in [1.807, 2.05) is 10.7 Å². The Kier molecular flexibility index (Phi) is 4.24. The smallest absolute Gasteiger partial charge is 0.233 e. The van der Waals surface area contributed by atoms with E-state index >= 15 is 0 Å². The fraction of sp³-hybridized carbons (Fsp3) is 0.714. The molecule has 0 radical (unpaired) electrons. The monoisotopic (exact) mass is 264 g/mol. The molecule has 106 valence electrons. The van der Waals surface area contributed by atoms with Crippen molar-refractivity contribution >= 4 is 11.7 Å². The molecule has 5 nitrogen and oxygen atoms in total. The second-order valence-corrected chi connectivity index (χ2v) is 5.67. The molecular formula is C14H24N4O. The summed E-state index contributed by atoms with van der Waals surface area (Å²) < 4.78 is 1.85. The number of nitrogens with one attached hydrogen (secondary N) is 2. The van der Waals surface area contributed by atoms with E-state index in [0.717, 1.165) is 38.2 Å². The molecule has 2 N–H and O–H groups in total. The lowest BCUT2D eigenvalue weighted by Crippen LogP contribution is -2.38. The van der Waals surface area contributed by atoms with E-state index in [0.29, 0.717) is 0 Å². The first-order chi connectivity index (χ1) is 9.09. The summed E-state index contributed by atoms with van der Waals surface area (Å²) in [5.74, 6) is 0.920. The van der Waals surface area contributed by atoms with E-state index < -0.39 is 0 Å². The zero-order chi connectivity index (χ0) is 13.9. The van der Waals surface area contributed by atoms with Gasteiger partial charge in [-0.25, -0.2) is 4.68 Å². The highest BCUT2D eigenvalue weighted by molar-refractivity contribution is 5.95. The Hall–Kier alpha value is -1.36. The summed E-state index contributed by atoms with van der Waals surface area (Å²) >= 11 is 0. The van der Waals surface area contributed by atoms with Crippen molar-refractivity contribution < 1.29 is 4.79 Å². The third-order valence-electron chi connectivity index (χ3n) is 3.85. The number of carbonyl (C=O) groups excluding carboxylic acids is 1. The van der Waals surface area contributed by atoms with Gasteiger partial charge in [-0.3, -0.25) is 4.79 Å². The normalized spacial score (nSPS) is 22.9. The number of hydrogen-bond donors (Lipinski definition) is 2. The maximum atomic E-state index is 12.6. The van der Waals surface area contributed by atoms with E-state index in [2.05, 4.69) is 36.5 Å². The summed E-state index contributed by atoms with van der Waals surface area (Å²) in [7, 11) is 0. The Labute approximate surface area is 114 Å². The number of anilines is 1. The van der Waals surface area contributed by atoms with Gasteiger partial charge in [0.1, 0.15) is 5.82 Å². The van der Waals surface area contributed by atoms with Gasteiger partial charge in [0.05, 0.1) is 11.6 Å². The van der Waals surface area contributed by atoms with Crippen molar-refractivity contribution in [1.82, 2.24) is 15.1 Å². The zero-order valence-electron chi connectivity index (χ0n) is 12.1. The highest BCUT2D eigenvalue weighted by Crippen LogP contribution is 2.32. The third kappa shape index (κ3) is 2.81. The van der Waals surface area contributed by atoms with Crippen molar-refractivity contribution in [2.45, 2.75) is 46.1 Å². The van der Waals surface area contributed by atoms with Crippen LogP contribution in [0.25, 0.3) is 0 Å². The van der Waals surface area contributed by atoms with Crippen LogP contribution in [0.4, 0.5) is 5.82 Å². The Balaban J connectivity index is 2.13. The average molecular weight is 264 g/mol. The molecule has 1 saturated heterocycles. The summed E-state index contributed by atoms with van der Waals surface area (Å²) in [6.07, 6.45) is 4.61. The second kappa shape index (κ2) is 5.74. The van der Waals surface area contributed by atoms with Crippen molar-refractivity contribution in [2.75, 3.05) is 18.4 Å². The predicted octanol–water partition coefficient (Wildman–Crippen LogP) is 2.18. The number of amides is 1. The molecule has 0 spiro atoms. The van der Waals surface area contributed by atoms with Gasteiger partial charge in [-0.2, -0.15) is 5.10 Å². The van der Waals surface area contributed by atoms with Crippen molar-refractivity contribution in [3.63, 3.8) is 0 Å². The molecule has 19 heavy (non-hydrogen) atoms. The molecule has 1 aromatic heterocycles. The molecule has 0 aromatic carbocycles. The quantitative estimate of drug-likeness (QED) is 0.857. The summed E-state index contributed by atoms with van der Waals surface area (Å²) in [5, 5.41) is 10.6. The first kappa shape index (κ1) is 14.1. The number of hydrogen-bond acceptors (Lipinski definition) is 3. The molecule has 1 amide bonds. The summed E-state index contributed by atoms with van der Waals surface area (Å²) in [6, 6.07) is 2.11. The molecule has 0 saturated carbocycles. The van der Waals surface area contributed by atoms with Gasteiger partial charge < -0.3 is 10.6 Å². The Morgan fingerprint density at radius 2 is 2.42 bits per heavy atom. The molecule has 1 aliphatic heterocycles. The second-order valence-electron chi connectivity index (χ2n) is 5.67. The minimum atomic E-state index is -0.249. The molecule has 1 fully saturated rings. The minimum absolute atomic E-state index is 0.127. The minimum Gasteiger partial charge on any atom is -0.316 e. The van der Waals surface area contributed by atoms with Crippen LogP contribution in [0.1, 0.15) is 46.1 Å². The fourth-order valence-corrected chi connectivity index (χ4v) is 2.82. The third-order valence-corrected chi connectivity index (χ3v) is 3.85. The van der Waals surface area contributed by atoms with Crippen molar-refractivity contribution in [3.8, 4) is 0 Å². The Morgan fingerprint density at radius 3 is 3.00 bits per heavy atom. The van der Waals surface area contributed by atoms with Gasteiger partial charge in [0, 0.05) is 18.7 Å². The van der Waals surface area contributed by atoms with Gasteiger partial charge in [0.2, 0.25) is 5.91 Å². The fourth-order valence-electron chi connectivity index (χ4n) is 2.82. The van der Waals surface area contributed by atoms with Crippen LogP contribution < -0.4 is 10.6 Å². The lowest BCUT2D eigenvalue weighted by molar-refractivity contribution is -0.125. The van der Waals surface area contributed by atoms with Crippen molar-refractivity contribution in [2.24, 2.45) is 5.41 Å². The van der Waals surface area contributed by atoms with E-state index in [1.54, 1.807) is 6.20 Å². The van der Waals surface area contributed by atoms with Crippen LogP contribution in [-0.4, -0.2) is 28.8 Å². The molecule has 0 bridgehead atoms. The highest BCUT2D eigenvalue weighted by Gasteiger charge is 2.40. The predicted molar refractivity (Wildman–Crippen MR) is 76.1 cm³/mol. The SMILES string of the molecule is CCCC1(C(=O)Nc2ccnn2C(C)C)CCNC1. The summed E-state index contributed by atoms with van der Waals surface area (Å²) in [6.45, 7) is 7.95. The highest BCUT2D eigenvalue weighted by atomic mass is 16.2. The molecule has 5 heteroatoms. The number of aromatic nitrogens is 2. The number of rotatable bonds is 5. The summed E-state index contributed by atoms with van der Waals surface area (Å²) in [4.78, 5) is 12.6.